The highest BCUT2D eigenvalue weighted by atomic mass is 32.1. The van der Waals surface area contributed by atoms with Crippen LogP contribution in [-0.2, 0) is 4.74 Å². The zero-order chi connectivity index (χ0) is 10.7. The number of carbonyl (C=O) groups excluding carboxylic acids is 1. The minimum absolute atomic E-state index is 0.123. The maximum atomic E-state index is 11.7. The van der Waals surface area contributed by atoms with Crippen LogP contribution < -0.4 is 5.32 Å². The predicted octanol–water partition coefficient (Wildman–Crippen LogP) is 0.628. The fraction of sp³-hybridized carbons (Fsp3) is 0.500. The van der Waals surface area contributed by atoms with Gasteiger partial charge < -0.3 is 15.2 Å². The van der Waals surface area contributed by atoms with Gasteiger partial charge in [-0.05, 0) is 17.9 Å². The number of carbonyl (C=O) groups is 1. The van der Waals surface area contributed by atoms with Gasteiger partial charge in [-0.15, -0.1) is 0 Å². The van der Waals surface area contributed by atoms with Crippen molar-refractivity contribution < 1.29 is 14.6 Å². The van der Waals surface area contributed by atoms with Gasteiger partial charge in [0, 0.05) is 17.6 Å². The van der Waals surface area contributed by atoms with E-state index in [1.807, 2.05) is 5.38 Å². The second-order valence-electron chi connectivity index (χ2n) is 3.52. The normalized spacial score (nSPS) is 26.2. The monoisotopic (exact) mass is 227 g/mol. The summed E-state index contributed by atoms with van der Waals surface area (Å²) in [6.07, 6.45) is 0.0677. The number of hydrogen-bond acceptors (Lipinski definition) is 4. The second-order valence-corrected chi connectivity index (χ2v) is 4.30. The van der Waals surface area contributed by atoms with Crippen LogP contribution in [0.25, 0.3) is 0 Å². The van der Waals surface area contributed by atoms with E-state index in [2.05, 4.69) is 5.32 Å². The summed E-state index contributed by atoms with van der Waals surface area (Å²) in [4.78, 5) is 11.7. The molecule has 4 nitrogen and oxygen atoms in total. The van der Waals surface area contributed by atoms with Gasteiger partial charge in [0.1, 0.15) is 0 Å². The molecule has 0 radical (unpaired) electrons. The Balaban J connectivity index is 1.93. The Kier molecular flexibility index (Phi) is 3.35. The van der Waals surface area contributed by atoms with E-state index in [0.29, 0.717) is 25.2 Å². The van der Waals surface area contributed by atoms with Crippen LogP contribution >= 0.6 is 11.3 Å². The molecule has 0 aromatic carbocycles. The molecule has 1 aromatic heterocycles. The number of nitrogens with one attached hydrogen (secondary N) is 1. The van der Waals surface area contributed by atoms with Crippen LogP contribution in [-0.4, -0.2) is 36.4 Å². The molecule has 82 valence electrons. The van der Waals surface area contributed by atoms with E-state index in [-0.39, 0.29) is 11.9 Å². The molecule has 2 N–H and O–H groups in total. The molecule has 0 saturated carbocycles. The molecule has 0 aliphatic carbocycles. The SMILES string of the molecule is O=C(N[C@@H]1CCOC[C@H]1O)c1ccsc1. The maximum absolute atomic E-state index is 11.7. The number of thiophene rings is 1. The lowest BCUT2D eigenvalue weighted by Gasteiger charge is -2.28. The Morgan fingerprint density at radius 2 is 2.53 bits per heavy atom. The molecule has 1 aliphatic heterocycles. The van der Waals surface area contributed by atoms with Gasteiger partial charge in [-0.1, -0.05) is 0 Å². The van der Waals surface area contributed by atoms with Crippen molar-refractivity contribution in [1.29, 1.82) is 0 Å². The van der Waals surface area contributed by atoms with E-state index >= 15 is 0 Å². The Hall–Kier alpha value is -0.910. The number of hydrogen-bond donors (Lipinski definition) is 2. The van der Waals surface area contributed by atoms with Crippen LogP contribution in [0.5, 0.6) is 0 Å². The molecule has 1 fully saturated rings. The Labute approximate surface area is 91.9 Å². The summed E-state index contributed by atoms with van der Waals surface area (Å²) >= 11 is 1.48. The first-order chi connectivity index (χ1) is 7.27. The zero-order valence-electron chi connectivity index (χ0n) is 8.18. The van der Waals surface area contributed by atoms with Gasteiger partial charge in [-0.2, -0.15) is 11.3 Å². The van der Waals surface area contributed by atoms with Crippen molar-refractivity contribution in [1.82, 2.24) is 5.32 Å². The second kappa shape index (κ2) is 4.74. The number of ether oxygens (including phenoxy) is 1. The van der Waals surface area contributed by atoms with Crippen LogP contribution in [0, 0.1) is 0 Å². The molecule has 1 saturated heterocycles. The topological polar surface area (TPSA) is 58.6 Å². The highest BCUT2D eigenvalue weighted by molar-refractivity contribution is 7.08. The van der Waals surface area contributed by atoms with Gasteiger partial charge in [-0.25, -0.2) is 0 Å². The summed E-state index contributed by atoms with van der Waals surface area (Å²) in [5.74, 6) is -0.123. The fourth-order valence-electron chi connectivity index (χ4n) is 1.54. The van der Waals surface area contributed by atoms with Gasteiger partial charge in [0.05, 0.1) is 18.8 Å². The van der Waals surface area contributed by atoms with Crippen LogP contribution in [0.4, 0.5) is 0 Å². The van der Waals surface area contributed by atoms with Crippen LogP contribution in [0.1, 0.15) is 16.8 Å². The Morgan fingerprint density at radius 1 is 1.67 bits per heavy atom. The van der Waals surface area contributed by atoms with Gasteiger partial charge in [0.15, 0.2) is 0 Å². The van der Waals surface area contributed by atoms with E-state index < -0.39 is 6.10 Å². The molecule has 2 atom stereocenters. The van der Waals surface area contributed by atoms with Crippen molar-refractivity contribution in [3.8, 4) is 0 Å². The largest absolute Gasteiger partial charge is 0.389 e. The van der Waals surface area contributed by atoms with E-state index in [0.717, 1.165) is 0 Å². The van der Waals surface area contributed by atoms with Gasteiger partial charge >= 0.3 is 0 Å². The van der Waals surface area contributed by atoms with E-state index in [1.165, 1.54) is 11.3 Å². The number of aliphatic hydroxyl groups is 1. The molecule has 1 aliphatic rings. The summed E-state index contributed by atoms with van der Waals surface area (Å²) in [5.41, 5.74) is 0.652. The predicted molar refractivity (Wildman–Crippen MR) is 57.0 cm³/mol. The third-order valence-corrected chi connectivity index (χ3v) is 3.11. The average Bonchev–Trinajstić information content (AvgIpc) is 2.74. The molecule has 2 rings (SSSR count). The van der Waals surface area contributed by atoms with Crippen molar-refractivity contribution in [3.05, 3.63) is 22.4 Å². The van der Waals surface area contributed by atoms with Crippen LogP contribution in [0.15, 0.2) is 16.8 Å². The summed E-state index contributed by atoms with van der Waals surface area (Å²) < 4.78 is 5.09. The first-order valence-corrected chi connectivity index (χ1v) is 5.80. The molecule has 1 aromatic rings. The molecule has 5 heteroatoms. The third-order valence-electron chi connectivity index (χ3n) is 2.43. The van der Waals surface area contributed by atoms with Crippen LogP contribution in [0.2, 0.25) is 0 Å². The van der Waals surface area contributed by atoms with E-state index in [1.54, 1.807) is 11.4 Å². The lowest BCUT2D eigenvalue weighted by atomic mass is 10.1. The molecule has 15 heavy (non-hydrogen) atoms. The number of rotatable bonds is 2. The fourth-order valence-corrected chi connectivity index (χ4v) is 2.17. The lowest BCUT2D eigenvalue weighted by Crippen LogP contribution is -2.48. The average molecular weight is 227 g/mol. The van der Waals surface area contributed by atoms with Crippen molar-refractivity contribution in [2.45, 2.75) is 18.6 Å². The highest BCUT2D eigenvalue weighted by Gasteiger charge is 2.25. The first kappa shape index (κ1) is 10.6. The quantitative estimate of drug-likeness (QED) is 0.779. The van der Waals surface area contributed by atoms with E-state index in [4.69, 9.17) is 4.74 Å². The van der Waals surface area contributed by atoms with Gasteiger partial charge in [-0.3, -0.25) is 4.79 Å². The van der Waals surface area contributed by atoms with Gasteiger partial charge in [0.2, 0.25) is 0 Å². The molecular weight excluding hydrogens is 214 g/mol. The first-order valence-electron chi connectivity index (χ1n) is 4.86. The molecule has 0 bridgehead atoms. The standard InChI is InChI=1S/C10H13NO3S/c12-9-5-14-3-1-8(9)11-10(13)7-2-4-15-6-7/h2,4,6,8-9,12H,1,3,5H2,(H,11,13)/t8-,9-/m1/s1. The minimum Gasteiger partial charge on any atom is -0.389 e. The number of aliphatic hydroxyl groups excluding tert-OH is 1. The molecule has 0 unspecified atom stereocenters. The molecule has 0 spiro atoms. The molecule has 1 amide bonds. The smallest absolute Gasteiger partial charge is 0.252 e. The highest BCUT2D eigenvalue weighted by Crippen LogP contribution is 2.10. The Bertz CT molecular complexity index is 325. The maximum Gasteiger partial charge on any atom is 0.252 e. The summed E-state index contributed by atoms with van der Waals surface area (Å²) in [5, 5.41) is 16.0. The van der Waals surface area contributed by atoms with Gasteiger partial charge in [0.25, 0.3) is 5.91 Å². The van der Waals surface area contributed by atoms with Crippen molar-refractivity contribution in [3.63, 3.8) is 0 Å². The number of amides is 1. The molecular formula is C10H13NO3S. The Morgan fingerprint density at radius 3 is 3.20 bits per heavy atom. The van der Waals surface area contributed by atoms with Crippen molar-refractivity contribution in [2.24, 2.45) is 0 Å². The summed E-state index contributed by atoms with van der Waals surface area (Å²) in [7, 11) is 0. The lowest BCUT2D eigenvalue weighted by molar-refractivity contribution is -0.0260. The summed E-state index contributed by atoms with van der Waals surface area (Å²) in [6.45, 7) is 0.889. The summed E-state index contributed by atoms with van der Waals surface area (Å²) in [6, 6.07) is 1.58. The van der Waals surface area contributed by atoms with E-state index in [9.17, 15) is 9.90 Å². The zero-order valence-corrected chi connectivity index (χ0v) is 9.00. The third kappa shape index (κ3) is 2.56. The van der Waals surface area contributed by atoms with Crippen molar-refractivity contribution in [2.75, 3.05) is 13.2 Å². The van der Waals surface area contributed by atoms with Crippen LogP contribution in [0.3, 0.4) is 0 Å². The molecule has 2 heterocycles. The van der Waals surface area contributed by atoms with Crippen molar-refractivity contribution >= 4 is 17.2 Å². The minimum atomic E-state index is -0.596.